The minimum absolute atomic E-state index is 0.0534. The molecule has 2 aromatic rings. The number of nitrogens with zero attached hydrogens (tertiary/aromatic N) is 2. The van der Waals surface area contributed by atoms with E-state index in [1.165, 1.54) is 5.56 Å². The summed E-state index contributed by atoms with van der Waals surface area (Å²) in [4.78, 5) is 18.8. The molecule has 0 radical (unpaired) electrons. The Bertz CT molecular complexity index is 697. The number of hydrogen-bond acceptors (Lipinski definition) is 4. The van der Waals surface area contributed by atoms with Gasteiger partial charge in [-0.1, -0.05) is 26.0 Å². The van der Waals surface area contributed by atoms with Crippen LogP contribution in [-0.4, -0.2) is 42.5 Å². The Morgan fingerprint density at radius 3 is 2.62 bits per heavy atom. The number of aromatic nitrogens is 1. The molecule has 1 amide bonds. The van der Waals surface area contributed by atoms with Crippen molar-refractivity contribution in [3.63, 3.8) is 0 Å². The van der Waals surface area contributed by atoms with Gasteiger partial charge in [-0.15, -0.1) is 0 Å². The molecule has 0 fully saturated rings. The summed E-state index contributed by atoms with van der Waals surface area (Å²) in [7, 11) is 1.67. The first kappa shape index (κ1) is 19.8. The van der Waals surface area contributed by atoms with Crippen molar-refractivity contribution >= 4 is 11.6 Å². The highest BCUT2D eigenvalue weighted by Gasteiger charge is 2.14. The standard InChI is InChI=1S/C21H29N3O2/c1-4-11-24(12-5-2)21(25)18-14-19(16-22-15-18)23-10-9-17-7-6-8-20(13-17)26-3/h6-8,13-16,23H,4-5,9-12H2,1-3H3. The number of methoxy groups -OCH3 is 1. The van der Waals surface area contributed by atoms with Gasteiger partial charge in [0.1, 0.15) is 5.75 Å². The minimum atomic E-state index is 0.0534. The smallest absolute Gasteiger partial charge is 0.255 e. The number of benzene rings is 1. The molecule has 5 nitrogen and oxygen atoms in total. The van der Waals surface area contributed by atoms with Crippen molar-refractivity contribution < 1.29 is 9.53 Å². The van der Waals surface area contributed by atoms with Crippen LogP contribution in [0.2, 0.25) is 0 Å². The summed E-state index contributed by atoms with van der Waals surface area (Å²) in [6.07, 6.45) is 6.18. The van der Waals surface area contributed by atoms with Crippen LogP contribution in [0.15, 0.2) is 42.7 Å². The predicted molar refractivity (Wildman–Crippen MR) is 106 cm³/mol. The van der Waals surface area contributed by atoms with Gasteiger partial charge in [0.05, 0.1) is 18.4 Å². The first-order valence-corrected chi connectivity index (χ1v) is 9.29. The molecule has 0 unspecified atom stereocenters. The SMILES string of the molecule is CCCN(CCC)C(=O)c1cncc(NCCc2cccc(OC)c2)c1. The van der Waals surface area contributed by atoms with E-state index >= 15 is 0 Å². The van der Waals surface area contributed by atoms with Crippen LogP contribution in [0.3, 0.4) is 0 Å². The molecule has 0 atom stereocenters. The number of amides is 1. The average molecular weight is 355 g/mol. The summed E-state index contributed by atoms with van der Waals surface area (Å²) in [5.74, 6) is 0.918. The third-order valence-corrected chi connectivity index (χ3v) is 4.14. The Kier molecular flexibility index (Phi) is 7.93. The highest BCUT2D eigenvalue weighted by atomic mass is 16.5. The maximum absolute atomic E-state index is 12.7. The summed E-state index contributed by atoms with van der Waals surface area (Å²) in [6.45, 7) is 6.50. The molecule has 0 saturated carbocycles. The van der Waals surface area contributed by atoms with E-state index in [0.29, 0.717) is 5.56 Å². The highest BCUT2D eigenvalue weighted by Crippen LogP contribution is 2.14. The largest absolute Gasteiger partial charge is 0.497 e. The zero-order valence-electron chi connectivity index (χ0n) is 16.0. The summed E-state index contributed by atoms with van der Waals surface area (Å²) in [5, 5.41) is 3.35. The molecule has 5 heteroatoms. The molecular weight excluding hydrogens is 326 g/mol. The first-order chi connectivity index (χ1) is 12.7. The van der Waals surface area contributed by atoms with Crippen molar-refractivity contribution in [1.82, 2.24) is 9.88 Å². The van der Waals surface area contributed by atoms with Crippen LogP contribution < -0.4 is 10.1 Å². The van der Waals surface area contributed by atoms with Crippen LogP contribution in [0.1, 0.15) is 42.6 Å². The molecule has 1 heterocycles. The predicted octanol–water partition coefficient (Wildman–Crippen LogP) is 4.01. The molecular formula is C21H29N3O2. The van der Waals surface area contributed by atoms with Gasteiger partial charge in [0.15, 0.2) is 0 Å². The summed E-state index contributed by atoms with van der Waals surface area (Å²) < 4.78 is 5.25. The molecule has 1 aromatic heterocycles. The van der Waals surface area contributed by atoms with Gasteiger partial charge >= 0.3 is 0 Å². The fourth-order valence-electron chi connectivity index (χ4n) is 2.87. The molecule has 0 aliphatic carbocycles. The van der Waals surface area contributed by atoms with Crippen LogP contribution in [0.25, 0.3) is 0 Å². The van der Waals surface area contributed by atoms with E-state index in [9.17, 15) is 4.79 Å². The van der Waals surface area contributed by atoms with Crippen molar-refractivity contribution in [3.8, 4) is 5.75 Å². The van der Waals surface area contributed by atoms with Gasteiger partial charge in [0.25, 0.3) is 5.91 Å². The second kappa shape index (κ2) is 10.4. The molecule has 0 aliphatic heterocycles. The number of anilines is 1. The number of carbonyl (C=O) groups is 1. The Hall–Kier alpha value is -2.56. The summed E-state index contributed by atoms with van der Waals surface area (Å²) in [5.41, 5.74) is 2.71. The molecule has 1 N–H and O–H groups in total. The zero-order chi connectivity index (χ0) is 18.8. The number of ether oxygens (including phenoxy) is 1. The van der Waals surface area contributed by atoms with E-state index in [1.54, 1.807) is 19.5 Å². The van der Waals surface area contributed by atoms with E-state index in [-0.39, 0.29) is 5.91 Å². The molecule has 0 aliphatic rings. The normalized spacial score (nSPS) is 10.4. The first-order valence-electron chi connectivity index (χ1n) is 9.29. The van der Waals surface area contributed by atoms with Crippen LogP contribution in [0, 0.1) is 0 Å². The van der Waals surface area contributed by atoms with Gasteiger partial charge in [0.2, 0.25) is 0 Å². The van der Waals surface area contributed by atoms with Crippen molar-refractivity contribution in [2.24, 2.45) is 0 Å². The van der Waals surface area contributed by atoms with E-state index in [0.717, 1.165) is 50.3 Å². The third-order valence-electron chi connectivity index (χ3n) is 4.14. The molecule has 2 rings (SSSR count). The molecule has 0 spiro atoms. The second-order valence-corrected chi connectivity index (χ2v) is 6.28. The summed E-state index contributed by atoms with van der Waals surface area (Å²) in [6, 6.07) is 9.93. The van der Waals surface area contributed by atoms with Crippen LogP contribution >= 0.6 is 0 Å². The Morgan fingerprint density at radius 2 is 1.92 bits per heavy atom. The molecule has 140 valence electrons. The van der Waals surface area contributed by atoms with Crippen LogP contribution in [-0.2, 0) is 6.42 Å². The lowest BCUT2D eigenvalue weighted by molar-refractivity contribution is 0.0755. The van der Waals surface area contributed by atoms with Gasteiger partial charge < -0.3 is 15.0 Å². The van der Waals surface area contributed by atoms with Crippen molar-refractivity contribution in [1.29, 1.82) is 0 Å². The van der Waals surface area contributed by atoms with Gasteiger partial charge in [-0.05, 0) is 43.0 Å². The maximum atomic E-state index is 12.7. The van der Waals surface area contributed by atoms with E-state index in [2.05, 4.69) is 30.2 Å². The Morgan fingerprint density at radius 1 is 1.15 bits per heavy atom. The minimum Gasteiger partial charge on any atom is -0.497 e. The number of hydrogen-bond donors (Lipinski definition) is 1. The number of carbonyl (C=O) groups excluding carboxylic acids is 1. The molecule has 0 saturated heterocycles. The molecule has 0 bridgehead atoms. The van der Waals surface area contributed by atoms with Gasteiger partial charge in [-0.25, -0.2) is 0 Å². The fraction of sp³-hybridized carbons (Fsp3) is 0.429. The quantitative estimate of drug-likeness (QED) is 0.700. The Labute approximate surface area is 156 Å². The van der Waals surface area contributed by atoms with Gasteiger partial charge in [-0.3, -0.25) is 9.78 Å². The lowest BCUT2D eigenvalue weighted by Gasteiger charge is -2.21. The Balaban J connectivity index is 1.96. The number of nitrogens with one attached hydrogen (secondary N) is 1. The molecule has 26 heavy (non-hydrogen) atoms. The maximum Gasteiger partial charge on any atom is 0.255 e. The monoisotopic (exact) mass is 355 g/mol. The second-order valence-electron chi connectivity index (χ2n) is 6.28. The van der Waals surface area contributed by atoms with Crippen molar-refractivity contribution in [2.45, 2.75) is 33.1 Å². The highest BCUT2D eigenvalue weighted by molar-refractivity contribution is 5.94. The number of pyridine rings is 1. The lowest BCUT2D eigenvalue weighted by atomic mass is 10.1. The lowest BCUT2D eigenvalue weighted by Crippen LogP contribution is -2.32. The van der Waals surface area contributed by atoms with E-state index < -0.39 is 0 Å². The van der Waals surface area contributed by atoms with Crippen LogP contribution in [0.5, 0.6) is 5.75 Å². The summed E-state index contributed by atoms with van der Waals surface area (Å²) >= 11 is 0. The van der Waals surface area contributed by atoms with Gasteiger partial charge in [0, 0.05) is 32.0 Å². The fourth-order valence-corrected chi connectivity index (χ4v) is 2.87. The van der Waals surface area contributed by atoms with E-state index in [4.69, 9.17) is 4.74 Å². The van der Waals surface area contributed by atoms with Crippen molar-refractivity contribution in [3.05, 3.63) is 53.9 Å². The average Bonchev–Trinajstić information content (AvgIpc) is 2.67. The van der Waals surface area contributed by atoms with Gasteiger partial charge in [-0.2, -0.15) is 0 Å². The van der Waals surface area contributed by atoms with Crippen molar-refractivity contribution in [2.75, 3.05) is 32.1 Å². The van der Waals surface area contributed by atoms with E-state index in [1.807, 2.05) is 29.2 Å². The third kappa shape index (κ3) is 5.76. The number of rotatable bonds is 10. The van der Waals surface area contributed by atoms with Crippen LogP contribution in [0.4, 0.5) is 5.69 Å². The zero-order valence-corrected chi connectivity index (χ0v) is 16.0. The topological polar surface area (TPSA) is 54.5 Å². The molecule has 1 aromatic carbocycles.